The van der Waals surface area contributed by atoms with Gasteiger partial charge in [0.25, 0.3) is 5.91 Å². The van der Waals surface area contributed by atoms with Gasteiger partial charge in [-0.1, -0.05) is 0 Å². The van der Waals surface area contributed by atoms with Crippen LogP contribution in [0.4, 0.5) is 0 Å². The highest BCUT2D eigenvalue weighted by Crippen LogP contribution is 2.22. The van der Waals surface area contributed by atoms with Gasteiger partial charge in [-0.05, 0) is 32.9 Å². The molecule has 8 nitrogen and oxygen atoms in total. The van der Waals surface area contributed by atoms with Gasteiger partial charge in [-0.3, -0.25) is 14.6 Å². The maximum atomic E-state index is 9.46. The summed E-state index contributed by atoms with van der Waals surface area (Å²) in [5.41, 5.74) is 5.55. The van der Waals surface area contributed by atoms with E-state index in [1.807, 2.05) is 27.7 Å². The van der Waals surface area contributed by atoms with Crippen LogP contribution in [0.2, 0.25) is 0 Å². The summed E-state index contributed by atoms with van der Waals surface area (Å²) in [6.07, 6.45) is 0. The van der Waals surface area contributed by atoms with Crippen LogP contribution in [0, 0.1) is 0 Å². The summed E-state index contributed by atoms with van der Waals surface area (Å²) in [6.45, 7) is 10.0. The van der Waals surface area contributed by atoms with Gasteiger partial charge in [0.2, 0.25) is 0 Å². The minimum atomic E-state index is -1.26. The van der Waals surface area contributed by atoms with E-state index in [2.05, 4.69) is 0 Å². The fourth-order valence-corrected chi connectivity index (χ4v) is 1.88. The number of aliphatic hydroxyl groups is 1. The van der Waals surface area contributed by atoms with Gasteiger partial charge in [-0.2, -0.15) is 0 Å². The summed E-state index contributed by atoms with van der Waals surface area (Å²) >= 11 is 0. The molecule has 0 aromatic heterocycles. The number of aliphatic hydroxyl groups excluding tert-OH is 1. The van der Waals surface area contributed by atoms with Gasteiger partial charge in [0.15, 0.2) is 0 Å². The van der Waals surface area contributed by atoms with Gasteiger partial charge in [0, 0.05) is 26.3 Å². The van der Waals surface area contributed by atoms with E-state index in [1.54, 1.807) is 4.90 Å². The Kier molecular flexibility index (Phi) is 12.1. The lowest BCUT2D eigenvalue weighted by Gasteiger charge is -2.41. The number of rotatable bonds is 14. The first-order chi connectivity index (χ1) is 10.1. The van der Waals surface area contributed by atoms with Gasteiger partial charge in [0.1, 0.15) is 0 Å². The van der Waals surface area contributed by atoms with Crippen LogP contribution in [-0.4, -0.2) is 73.9 Å². The van der Waals surface area contributed by atoms with E-state index in [0.717, 1.165) is 0 Å². The van der Waals surface area contributed by atoms with Crippen LogP contribution in [0.15, 0.2) is 0 Å². The van der Waals surface area contributed by atoms with E-state index in [1.165, 1.54) is 5.23 Å². The molecule has 0 heterocycles. The van der Waals surface area contributed by atoms with Crippen molar-refractivity contribution < 1.29 is 24.3 Å². The lowest BCUT2D eigenvalue weighted by atomic mass is 10.4. The first-order valence-electron chi connectivity index (χ1n) is 7.51. The second-order valence-electron chi connectivity index (χ2n) is 4.15. The molecule has 0 radical (unpaired) electrons. The molecule has 0 amide bonds. The largest absolute Gasteiger partial charge is 0.381 e. The molecule has 3 N–H and O–H groups in total. The summed E-state index contributed by atoms with van der Waals surface area (Å²) in [5, 5.41) is 10.7. The van der Waals surface area contributed by atoms with Crippen molar-refractivity contribution in [2.75, 3.05) is 52.8 Å². The molecule has 0 atom stereocenters. The maximum Gasteiger partial charge on any atom is 0.290 e. The number of hydroxylamine groups is 2. The van der Waals surface area contributed by atoms with Crippen molar-refractivity contribution in [3.05, 3.63) is 0 Å². The molecule has 0 aromatic rings. The average Bonchev–Trinajstić information content (AvgIpc) is 2.47. The SMILES string of the molecule is CCON(OCC)C(CN(CO)CCN)(OCC)OCC. The third-order valence-corrected chi connectivity index (χ3v) is 2.58. The number of ether oxygens (including phenoxy) is 2. The molecule has 0 aliphatic rings. The first kappa shape index (κ1) is 20.7. The van der Waals surface area contributed by atoms with Crippen LogP contribution in [0.1, 0.15) is 27.7 Å². The molecular formula is C13H31N3O5. The van der Waals surface area contributed by atoms with E-state index in [4.69, 9.17) is 24.9 Å². The van der Waals surface area contributed by atoms with Crippen molar-refractivity contribution in [2.45, 2.75) is 33.6 Å². The lowest BCUT2D eigenvalue weighted by Crippen LogP contribution is -2.59. The molecule has 0 aliphatic heterocycles. The van der Waals surface area contributed by atoms with Crippen molar-refractivity contribution in [3.8, 4) is 0 Å². The monoisotopic (exact) mass is 309 g/mol. The summed E-state index contributed by atoms with van der Waals surface area (Å²) < 4.78 is 11.6. The number of nitrogens with zero attached hydrogens (tertiary/aromatic N) is 2. The van der Waals surface area contributed by atoms with Gasteiger partial charge in [0.05, 0.1) is 26.5 Å². The van der Waals surface area contributed by atoms with Crippen molar-refractivity contribution in [1.82, 2.24) is 10.1 Å². The quantitative estimate of drug-likeness (QED) is 0.346. The molecule has 0 aliphatic carbocycles. The number of nitrogens with two attached hydrogens (primary N) is 1. The highest BCUT2D eigenvalue weighted by Gasteiger charge is 2.43. The highest BCUT2D eigenvalue weighted by molar-refractivity contribution is 4.69. The summed E-state index contributed by atoms with van der Waals surface area (Å²) in [6, 6.07) is 0. The minimum Gasteiger partial charge on any atom is -0.381 e. The van der Waals surface area contributed by atoms with Crippen molar-refractivity contribution in [3.63, 3.8) is 0 Å². The molecule has 0 rings (SSSR count). The highest BCUT2D eigenvalue weighted by atomic mass is 17.0. The Balaban J connectivity index is 5.24. The van der Waals surface area contributed by atoms with Crippen molar-refractivity contribution in [2.24, 2.45) is 5.73 Å². The Labute approximate surface area is 127 Å². The molecule has 0 bridgehead atoms. The third kappa shape index (κ3) is 6.98. The molecule has 0 aromatic carbocycles. The van der Waals surface area contributed by atoms with Crippen LogP contribution in [0.25, 0.3) is 0 Å². The summed E-state index contributed by atoms with van der Waals surface area (Å²) in [5.74, 6) is -1.26. The molecule has 0 saturated heterocycles. The van der Waals surface area contributed by atoms with Gasteiger partial charge < -0.3 is 20.3 Å². The zero-order valence-corrected chi connectivity index (χ0v) is 13.7. The van der Waals surface area contributed by atoms with Crippen molar-refractivity contribution in [1.29, 1.82) is 0 Å². The Hall–Kier alpha value is -0.320. The van der Waals surface area contributed by atoms with Crippen molar-refractivity contribution >= 4 is 0 Å². The molecule has 21 heavy (non-hydrogen) atoms. The molecule has 0 unspecified atom stereocenters. The smallest absolute Gasteiger partial charge is 0.290 e. The molecule has 128 valence electrons. The maximum absolute atomic E-state index is 9.46. The predicted octanol–water partition coefficient (Wildman–Crippen LogP) is 0.129. The zero-order valence-electron chi connectivity index (χ0n) is 13.7. The summed E-state index contributed by atoms with van der Waals surface area (Å²) in [4.78, 5) is 12.7. The topological polar surface area (TPSA) is 89.7 Å². The predicted molar refractivity (Wildman–Crippen MR) is 78.8 cm³/mol. The Morgan fingerprint density at radius 3 is 1.81 bits per heavy atom. The minimum absolute atomic E-state index is 0.162. The van der Waals surface area contributed by atoms with E-state index >= 15 is 0 Å². The first-order valence-corrected chi connectivity index (χ1v) is 7.51. The Morgan fingerprint density at radius 2 is 1.48 bits per heavy atom. The number of hydrogen-bond donors (Lipinski definition) is 2. The lowest BCUT2D eigenvalue weighted by molar-refractivity contribution is -0.518. The molecule has 0 fully saturated rings. The number of hydrogen-bond acceptors (Lipinski definition) is 8. The normalized spacial score (nSPS) is 12.6. The summed E-state index contributed by atoms with van der Waals surface area (Å²) in [7, 11) is 0. The second-order valence-corrected chi connectivity index (χ2v) is 4.15. The Bertz CT molecular complexity index is 234. The van der Waals surface area contributed by atoms with E-state index < -0.39 is 5.91 Å². The van der Waals surface area contributed by atoms with E-state index in [0.29, 0.717) is 39.5 Å². The fourth-order valence-electron chi connectivity index (χ4n) is 1.88. The van der Waals surface area contributed by atoms with Crippen LogP contribution in [-0.2, 0) is 19.1 Å². The van der Waals surface area contributed by atoms with Crippen LogP contribution < -0.4 is 5.73 Å². The Morgan fingerprint density at radius 1 is 0.952 bits per heavy atom. The van der Waals surface area contributed by atoms with Gasteiger partial charge in [-0.15, -0.1) is 0 Å². The van der Waals surface area contributed by atoms with Crippen LogP contribution >= 0.6 is 0 Å². The van der Waals surface area contributed by atoms with Crippen LogP contribution in [0.5, 0.6) is 0 Å². The molecular weight excluding hydrogens is 278 g/mol. The van der Waals surface area contributed by atoms with Gasteiger partial charge >= 0.3 is 0 Å². The third-order valence-electron chi connectivity index (χ3n) is 2.58. The molecule has 8 heteroatoms. The zero-order chi connectivity index (χ0) is 16.1. The second kappa shape index (κ2) is 12.2. The molecule has 0 spiro atoms. The van der Waals surface area contributed by atoms with Crippen LogP contribution in [0.3, 0.4) is 0 Å². The van der Waals surface area contributed by atoms with E-state index in [9.17, 15) is 5.11 Å². The van der Waals surface area contributed by atoms with Gasteiger partial charge in [-0.25, -0.2) is 0 Å². The standard InChI is InChI=1S/C13H31N3O5/c1-5-18-13(19-6-2,11-15(12-17)10-9-14)16(20-7-3)21-8-4/h17H,5-12,14H2,1-4H3. The van der Waals surface area contributed by atoms with E-state index in [-0.39, 0.29) is 13.3 Å². The molecule has 0 saturated carbocycles. The average molecular weight is 309 g/mol. The fraction of sp³-hybridized carbons (Fsp3) is 1.00.